The van der Waals surface area contributed by atoms with E-state index in [-0.39, 0.29) is 0 Å². The second kappa shape index (κ2) is 15.8. The van der Waals surface area contributed by atoms with Gasteiger partial charge in [0.25, 0.3) is 0 Å². The van der Waals surface area contributed by atoms with Gasteiger partial charge in [0.05, 0.1) is 17.0 Å². The summed E-state index contributed by atoms with van der Waals surface area (Å²) in [5.41, 5.74) is 16.1. The first-order chi connectivity index (χ1) is 31.2. The largest absolute Gasteiger partial charge is 0.208 e. The molecule has 0 N–H and O–H groups in total. The quantitative estimate of drug-likeness (QED) is 0.153. The highest BCUT2D eigenvalue weighted by Crippen LogP contribution is 2.57. The van der Waals surface area contributed by atoms with Crippen molar-refractivity contribution in [2.45, 2.75) is 5.41 Å². The van der Waals surface area contributed by atoms with Gasteiger partial charge < -0.3 is 0 Å². The fraction of sp³-hybridized carbons (Fsp3) is 0.0169. The summed E-state index contributed by atoms with van der Waals surface area (Å²) in [5, 5.41) is 10.1. The normalized spacial score (nSPS) is 12.2. The summed E-state index contributed by atoms with van der Waals surface area (Å²) in [6, 6.07) is 82.8. The van der Waals surface area contributed by atoms with E-state index in [0.29, 0.717) is 23.0 Å². The van der Waals surface area contributed by atoms with Gasteiger partial charge in [0.1, 0.15) is 0 Å². The number of fused-ring (bicyclic) bond motifs is 3. The van der Waals surface area contributed by atoms with Gasteiger partial charge in [-0.15, -0.1) is 0 Å². The summed E-state index contributed by atoms with van der Waals surface area (Å²) in [5.74, 6) is 1.78. The number of aromatic nitrogens is 3. The predicted octanol–water partition coefficient (Wildman–Crippen LogP) is 14.1. The van der Waals surface area contributed by atoms with Gasteiger partial charge >= 0.3 is 0 Å². The molecular weight excluding hydrogens is 765 g/mol. The third-order valence-corrected chi connectivity index (χ3v) is 12.3. The van der Waals surface area contributed by atoms with Crippen LogP contribution in [0, 0.1) is 11.3 Å². The predicted molar refractivity (Wildman–Crippen MR) is 254 cm³/mol. The molecule has 0 saturated heterocycles. The molecule has 0 aliphatic heterocycles. The van der Waals surface area contributed by atoms with E-state index >= 15 is 0 Å². The van der Waals surface area contributed by atoms with Crippen LogP contribution < -0.4 is 0 Å². The molecule has 1 heterocycles. The topological polar surface area (TPSA) is 62.5 Å². The van der Waals surface area contributed by atoms with Gasteiger partial charge in [-0.3, -0.25) is 0 Å². The molecule has 10 aromatic rings. The summed E-state index contributed by atoms with van der Waals surface area (Å²) in [6.45, 7) is 0. The van der Waals surface area contributed by atoms with Crippen molar-refractivity contribution in [3.8, 4) is 84.7 Å². The van der Waals surface area contributed by atoms with Crippen LogP contribution in [-0.2, 0) is 5.41 Å². The molecule has 1 aromatic heterocycles. The molecule has 0 unspecified atom stereocenters. The Labute approximate surface area is 367 Å². The monoisotopic (exact) mass is 802 g/mol. The first-order valence-electron chi connectivity index (χ1n) is 21.2. The number of nitrogens with zero attached hydrogens (tertiary/aromatic N) is 4. The van der Waals surface area contributed by atoms with Crippen molar-refractivity contribution in [1.82, 2.24) is 15.0 Å². The van der Waals surface area contributed by atoms with Crippen molar-refractivity contribution in [3.05, 3.63) is 258 Å². The lowest BCUT2D eigenvalue weighted by molar-refractivity contribution is 0.768. The fourth-order valence-corrected chi connectivity index (χ4v) is 9.30. The molecule has 0 fully saturated rings. The molecule has 11 rings (SSSR count). The molecule has 0 saturated carbocycles. The molecule has 1 aliphatic rings. The van der Waals surface area contributed by atoms with Crippen LogP contribution in [0.25, 0.3) is 78.7 Å². The van der Waals surface area contributed by atoms with Crippen LogP contribution in [0.4, 0.5) is 0 Å². The van der Waals surface area contributed by atoms with Crippen LogP contribution >= 0.6 is 0 Å². The Morgan fingerprint density at radius 3 is 1.19 bits per heavy atom. The number of hydrogen-bond acceptors (Lipinski definition) is 4. The van der Waals surface area contributed by atoms with Crippen molar-refractivity contribution in [2.75, 3.05) is 0 Å². The van der Waals surface area contributed by atoms with E-state index in [2.05, 4.69) is 206 Å². The van der Waals surface area contributed by atoms with Gasteiger partial charge in [0.2, 0.25) is 0 Å². The van der Waals surface area contributed by atoms with E-state index in [1.165, 1.54) is 16.7 Å². The highest BCUT2D eigenvalue weighted by molar-refractivity contribution is 5.91. The maximum absolute atomic E-state index is 10.1. The van der Waals surface area contributed by atoms with Crippen LogP contribution in [0.2, 0.25) is 0 Å². The van der Waals surface area contributed by atoms with Crippen molar-refractivity contribution in [3.63, 3.8) is 0 Å². The molecule has 4 nitrogen and oxygen atoms in total. The van der Waals surface area contributed by atoms with Crippen molar-refractivity contribution >= 4 is 0 Å². The van der Waals surface area contributed by atoms with Gasteiger partial charge in [-0.25, -0.2) is 15.0 Å². The number of benzene rings is 9. The van der Waals surface area contributed by atoms with Crippen LogP contribution in [0.15, 0.2) is 231 Å². The van der Waals surface area contributed by atoms with E-state index < -0.39 is 5.41 Å². The molecule has 0 bridgehead atoms. The summed E-state index contributed by atoms with van der Waals surface area (Å²) in [7, 11) is 0. The molecule has 0 spiro atoms. The number of nitriles is 1. The Morgan fingerprint density at radius 2 is 0.683 bits per heavy atom. The van der Waals surface area contributed by atoms with Gasteiger partial charge in [-0.1, -0.05) is 212 Å². The minimum Gasteiger partial charge on any atom is -0.208 e. The standard InChI is InChI=1S/C59H38N4/c60-39-40-25-35-54-52(37-40)53-38-47(34-36-55(53)59(54,48-19-9-3-10-20-48)49-21-11-4-12-22-49)50-23-13-14-24-51(50)58-62-56(45-30-26-43(27-31-45)41-15-5-1-6-16-41)61-57(63-58)46-32-28-44(29-33-46)42-17-7-2-8-18-42/h1-38H. The Kier molecular flexibility index (Phi) is 9.41. The molecule has 0 radical (unpaired) electrons. The van der Waals surface area contributed by atoms with Crippen LogP contribution in [0.3, 0.4) is 0 Å². The lowest BCUT2D eigenvalue weighted by atomic mass is 9.67. The zero-order valence-corrected chi connectivity index (χ0v) is 34.2. The van der Waals surface area contributed by atoms with Gasteiger partial charge in [-0.05, 0) is 85.0 Å². The molecule has 294 valence electrons. The summed E-state index contributed by atoms with van der Waals surface area (Å²) in [4.78, 5) is 15.6. The molecule has 1 aliphatic carbocycles. The molecule has 0 atom stereocenters. The second-order valence-electron chi connectivity index (χ2n) is 15.9. The highest BCUT2D eigenvalue weighted by atomic mass is 15.0. The number of hydrogen-bond donors (Lipinski definition) is 0. The Hall–Kier alpha value is -8.52. The minimum atomic E-state index is -0.580. The summed E-state index contributed by atoms with van der Waals surface area (Å²) in [6.07, 6.45) is 0. The van der Waals surface area contributed by atoms with E-state index in [9.17, 15) is 5.26 Å². The molecule has 9 aromatic carbocycles. The molecule has 0 amide bonds. The Bertz CT molecular complexity index is 3160. The van der Waals surface area contributed by atoms with Crippen LogP contribution in [0.1, 0.15) is 27.8 Å². The first kappa shape index (κ1) is 37.5. The Balaban J connectivity index is 1.08. The van der Waals surface area contributed by atoms with E-state index in [0.717, 1.165) is 66.8 Å². The summed E-state index contributed by atoms with van der Waals surface area (Å²) >= 11 is 0. The lowest BCUT2D eigenvalue weighted by Gasteiger charge is -2.34. The average Bonchev–Trinajstić information content (AvgIpc) is 3.67. The molecule has 63 heavy (non-hydrogen) atoms. The van der Waals surface area contributed by atoms with E-state index in [4.69, 9.17) is 15.0 Å². The third-order valence-electron chi connectivity index (χ3n) is 12.3. The van der Waals surface area contributed by atoms with E-state index in [1.54, 1.807) is 0 Å². The first-order valence-corrected chi connectivity index (χ1v) is 21.2. The van der Waals surface area contributed by atoms with Gasteiger partial charge in [0, 0.05) is 16.7 Å². The fourth-order valence-electron chi connectivity index (χ4n) is 9.30. The smallest absolute Gasteiger partial charge is 0.164 e. The maximum Gasteiger partial charge on any atom is 0.164 e. The third kappa shape index (κ3) is 6.61. The Morgan fingerprint density at radius 1 is 0.302 bits per heavy atom. The van der Waals surface area contributed by atoms with Crippen molar-refractivity contribution in [2.24, 2.45) is 0 Å². The SMILES string of the molecule is N#Cc1ccc2c(c1)-c1cc(-c3ccccc3-c3nc(-c4ccc(-c5ccccc5)cc4)nc(-c4ccc(-c5ccccc5)cc4)n3)ccc1C2(c1ccccc1)c1ccccc1. The average molecular weight is 803 g/mol. The molecular formula is C59H38N4. The lowest BCUT2D eigenvalue weighted by Crippen LogP contribution is -2.28. The van der Waals surface area contributed by atoms with E-state index in [1.807, 2.05) is 30.3 Å². The highest BCUT2D eigenvalue weighted by Gasteiger charge is 2.46. The zero-order chi connectivity index (χ0) is 42.2. The van der Waals surface area contributed by atoms with Gasteiger partial charge in [0.15, 0.2) is 17.5 Å². The summed E-state index contributed by atoms with van der Waals surface area (Å²) < 4.78 is 0. The zero-order valence-electron chi connectivity index (χ0n) is 34.2. The minimum absolute atomic E-state index is 0.580. The van der Waals surface area contributed by atoms with Crippen molar-refractivity contribution < 1.29 is 0 Å². The van der Waals surface area contributed by atoms with Crippen LogP contribution in [-0.4, -0.2) is 15.0 Å². The second-order valence-corrected chi connectivity index (χ2v) is 15.9. The number of rotatable bonds is 8. The molecule has 4 heteroatoms. The van der Waals surface area contributed by atoms with Gasteiger partial charge in [-0.2, -0.15) is 5.26 Å². The maximum atomic E-state index is 10.1. The van der Waals surface area contributed by atoms with Crippen molar-refractivity contribution in [1.29, 1.82) is 5.26 Å². The van der Waals surface area contributed by atoms with Crippen LogP contribution in [0.5, 0.6) is 0 Å².